The molecule has 4 heteroatoms. The maximum Gasteiger partial charge on any atom is 0.487 e. The highest BCUT2D eigenvalue weighted by molar-refractivity contribution is 6.51. The molecule has 48 valence electrons. The third-order valence-corrected chi connectivity index (χ3v) is 0.726. The summed E-state index contributed by atoms with van der Waals surface area (Å²) in [5.74, 6) is 0. The highest BCUT2D eigenvalue weighted by atomic mass is 16.4. The minimum atomic E-state index is -1.50. The molecule has 0 aliphatic carbocycles. The first-order valence-electron chi connectivity index (χ1n) is 2.36. The fourth-order valence-electron chi connectivity index (χ4n) is 0.235. The average Bonchev–Trinajstić information content (AvgIpc) is 1.82. The van der Waals surface area contributed by atoms with Gasteiger partial charge in [0, 0.05) is 6.20 Å². The molecule has 0 heterocycles. The van der Waals surface area contributed by atoms with Gasteiger partial charge in [-0.15, -0.1) is 0 Å². The zero-order valence-corrected chi connectivity index (χ0v) is 4.99. The van der Waals surface area contributed by atoms with Gasteiger partial charge in [-0.05, 0) is 18.3 Å². The van der Waals surface area contributed by atoms with Gasteiger partial charge in [-0.1, -0.05) is 6.58 Å². The fraction of sp³-hybridized carbons (Fsp3) is 0. The van der Waals surface area contributed by atoms with Gasteiger partial charge in [0.1, 0.15) is 0 Å². The number of rotatable bonds is 3. The molecule has 3 nitrogen and oxygen atoms in total. The van der Waals surface area contributed by atoms with Crippen LogP contribution >= 0.6 is 0 Å². The van der Waals surface area contributed by atoms with Gasteiger partial charge in [-0.3, -0.25) is 4.99 Å². The Morgan fingerprint density at radius 3 is 2.44 bits per heavy atom. The molecule has 0 aromatic rings. The van der Waals surface area contributed by atoms with Crippen molar-refractivity contribution in [3.8, 4) is 0 Å². The van der Waals surface area contributed by atoms with Gasteiger partial charge in [0.2, 0.25) is 0 Å². The van der Waals surface area contributed by atoms with E-state index in [1.54, 1.807) is 0 Å². The van der Waals surface area contributed by atoms with Gasteiger partial charge in [-0.2, -0.15) is 0 Å². The summed E-state index contributed by atoms with van der Waals surface area (Å²) < 4.78 is 0. The molecule has 0 aliphatic heterocycles. The maximum absolute atomic E-state index is 8.39. The predicted octanol–water partition coefficient (Wildman–Crippen LogP) is -0.231. The van der Waals surface area contributed by atoms with Crippen molar-refractivity contribution < 1.29 is 10.0 Å². The SMILES string of the molecule is C=N/C=C\C(=C)B(O)O. The van der Waals surface area contributed by atoms with E-state index in [0.29, 0.717) is 0 Å². The van der Waals surface area contributed by atoms with E-state index in [9.17, 15) is 0 Å². The first-order valence-corrected chi connectivity index (χ1v) is 2.36. The van der Waals surface area contributed by atoms with E-state index >= 15 is 0 Å². The van der Waals surface area contributed by atoms with Gasteiger partial charge in [0.25, 0.3) is 0 Å². The van der Waals surface area contributed by atoms with E-state index in [0.717, 1.165) is 0 Å². The first-order chi connectivity index (χ1) is 4.18. The summed E-state index contributed by atoms with van der Waals surface area (Å²) in [5.41, 5.74) is 0.197. The standard InChI is InChI=1S/C5H8BNO2/c1-5(6(8)9)3-4-7-2/h3-4,8-9H,1-2H2/b4-3-. The molecule has 2 N–H and O–H groups in total. The summed E-state index contributed by atoms with van der Waals surface area (Å²) in [5, 5.41) is 16.8. The second-order valence-electron chi connectivity index (χ2n) is 1.45. The Balaban J connectivity index is 3.76. The summed E-state index contributed by atoms with van der Waals surface area (Å²) >= 11 is 0. The lowest BCUT2D eigenvalue weighted by atomic mass is 9.81. The number of hydrogen-bond donors (Lipinski definition) is 2. The molecule has 0 rings (SSSR count). The van der Waals surface area contributed by atoms with Crippen molar-refractivity contribution in [3.63, 3.8) is 0 Å². The van der Waals surface area contributed by atoms with Crippen LogP contribution in [0.4, 0.5) is 0 Å². The normalized spacial score (nSPS) is 9.56. The van der Waals surface area contributed by atoms with Crippen molar-refractivity contribution >= 4 is 13.8 Å². The van der Waals surface area contributed by atoms with Gasteiger partial charge >= 0.3 is 7.12 Å². The summed E-state index contributed by atoms with van der Waals surface area (Å²) in [6.45, 7) is 6.47. The molecular weight excluding hydrogens is 117 g/mol. The molecule has 0 saturated heterocycles. The predicted molar refractivity (Wildman–Crippen MR) is 38.0 cm³/mol. The van der Waals surface area contributed by atoms with Crippen LogP contribution in [0.5, 0.6) is 0 Å². The van der Waals surface area contributed by atoms with Crippen molar-refractivity contribution in [2.45, 2.75) is 0 Å². The van der Waals surface area contributed by atoms with Crippen molar-refractivity contribution in [1.29, 1.82) is 0 Å². The monoisotopic (exact) mass is 125 g/mol. The lowest BCUT2D eigenvalue weighted by molar-refractivity contribution is 0.421. The highest BCUT2D eigenvalue weighted by Crippen LogP contribution is 1.92. The third kappa shape index (κ3) is 3.70. The minimum Gasteiger partial charge on any atom is -0.423 e. The van der Waals surface area contributed by atoms with Crippen LogP contribution in [-0.4, -0.2) is 23.9 Å². The summed E-state index contributed by atoms with van der Waals surface area (Å²) in [7, 11) is -1.50. The number of hydrogen-bond acceptors (Lipinski definition) is 3. The molecule has 0 radical (unpaired) electrons. The Kier molecular flexibility index (Phi) is 3.67. The van der Waals surface area contributed by atoms with E-state index in [-0.39, 0.29) is 5.47 Å². The minimum absolute atomic E-state index is 0.197. The van der Waals surface area contributed by atoms with Gasteiger partial charge in [0.05, 0.1) is 0 Å². The van der Waals surface area contributed by atoms with Crippen molar-refractivity contribution in [2.75, 3.05) is 0 Å². The smallest absolute Gasteiger partial charge is 0.423 e. The topological polar surface area (TPSA) is 52.8 Å². The van der Waals surface area contributed by atoms with Crippen LogP contribution in [0.15, 0.2) is 29.3 Å². The van der Waals surface area contributed by atoms with Gasteiger partial charge in [-0.25, -0.2) is 0 Å². The van der Waals surface area contributed by atoms with Crippen LogP contribution in [0.1, 0.15) is 0 Å². The quantitative estimate of drug-likeness (QED) is 0.311. The largest absolute Gasteiger partial charge is 0.487 e. The first kappa shape index (κ1) is 8.13. The van der Waals surface area contributed by atoms with Crippen LogP contribution in [0.3, 0.4) is 0 Å². The molecule has 0 unspecified atom stereocenters. The highest BCUT2D eigenvalue weighted by Gasteiger charge is 2.07. The Bertz CT molecular complexity index is 142. The Labute approximate surface area is 54.2 Å². The molecule has 0 spiro atoms. The van der Waals surface area contributed by atoms with Crippen molar-refractivity contribution in [3.05, 3.63) is 24.3 Å². The summed E-state index contributed by atoms with van der Waals surface area (Å²) in [4.78, 5) is 3.34. The molecule has 0 bridgehead atoms. The van der Waals surface area contributed by atoms with E-state index in [4.69, 9.17) is 10.0 Å². The number of nitrogens with zero attached hydrogens (tertiary/aromatic N) is 1. The van der Waals surface area contributed by atoms with Gasteiger partial charge in [0.15, 0.2) is 0 Å². The molecule has 0 atom stereocenters. The molecular formula is C5H8BNO2. The fourth-order valence-corrected chi connectivity index (χ4v) is 0.235. The second-order valence-corrected chi connectivity index (χ2v) is 1.45. The van der Waals surface area contributed by atoms with Crippen LogP contribution < -0.4 is 0 Å². The Morgan fingerprint density at radius 1 is 1.56 bits per heavy atom. The molecule has 0 saturated carbocycles. The van der Waals surface area contributed by atoms with Crippen molar-refractivity contribution in [2.24, 2.45) is 4.99 Å². The lowest BCUT2D eigenvalue weighted by Crippen LogP contribution is -2.12. The summed E-state index contributed by atoms with van der Waals surface area (Å²) in [6.07, 6.45) is 2.71. The van der Waals surface area contributed by atoms with E-state index in [1.807, 2.05) is 0 Å². The lowest BCUT2D eigenvalue weighted by Gasteiger charge is -1.92. The zero-order chi connectivity index (χ0) is 7.28. The van der Waals surface area contributed by atoms with E-state index in [1.165, 1.54) is 12.3 Å². The van der Waals surface area contributed by atoms with Crippen LogP contribution in [-0.2, 0) is 0 Å². The zero-order valence-electron chi connectivity index (χ0n) is 4.99. The second kappa shape index (κ2) is 4.06. The van der Waals surface area contributed by atoms with Crippen molar-refractivity contribution in [1.82, 2.24) is 0 Å². The molecule has 0 fully saturated rings. The molecule has 0 aromatic heterocycles. The summed E-state index contributed by atoms with van der Waals surface area (Å²) in [6, 6.07) is 0. The van der Waals surface area contributed by atoms with E-state index in [2.05, 4.69) is 18.3 Å². The van der Waals surface area contributed by atoms with Crippen LogP contribution in [0.2, 0.25) is 0 Å². The maximum atomic E-state index is 8.39. The van der Waals surface area contributed by atoms with Crippen LogP contribution in [0, 0.1) is 0 Å². The van der Waals surface area contributed by atoms with Gasteiger partial charge < -0.3 is 10.0 Å². The molecule has 0 aliphatic rings. The molecule has 0 aromatic carbocycles. The number of allylic oxidation sites excluding steroid dienone is 2. The average molecular weight is 125 g/mol. The molecule has 9 heavy (non-hydrogen) atoms. The Morgan fingerprint density at radius 2 is 2.11 bits per heavy atom. The van der Waals surface area contributed by atoms with Crippen LogP contribution in [0.25, 0.3) is 0 Å². The molecule has 0 amide bonds. The van der Waals surface area contributed by atoms with E-state index < -0.39 is 7.12 Å². The number of aliphatic imine (C=N–C) groups is 1. The Hall–Kier alpha value is -0.865. The third-order valence-electron chi connectivity index (χ3n) is 0.726.